The van der Waals surface area contributed by atoms with Crippen LogP contribution in [0.15, 0.2) is 24.3 Å². The first-order chi connectivity index (χ1) is 10.1. The van der Waals surface area contributed by atoms with E-state index in [1.807, 2.05) is 0 Å². The van der Waals surface area contributed by atoms with Gasteiger partial charge in [-0.25, -0.2) is 8.78 Å². The number of benzene rings is 2. The van der Waals surface area contributed by atoms with Gasteiger partial charge in [-0.05, 0) is 36.8 Å². The summed E-state index contributed by atoms with van der Waals surface area (Å²) in [5, 5.41) is 0. The van der Waals surface area contributed by atoms with Gasteiger partial charge in [0.2, 0.25) is 5.82 Å². The Morgan fingerprint density at radius 2 is 1.59 bits per heavy atom. The van der Waals surface area contributed by atoms with Gasteiger partial charge in [0.25, 0.3) is 0 Å². The molecule has 0 spiro atoms. The van der Waals surface area contributed by atoms with E-state index in [4.69, 9.17) is 10.5 Å². The molecular weight excluding hydrogens is 312 g/mol. The number of halogens is 6. The van der Waals surface area contributed by atoms with Crippen LogP contribution in [0.25, 0.3) is 0 Å². The van der Waals surface area contributed by atoms with Crippen molar-refractivity contribution < 1.29 is 31.1 Å². The molecular formula is C14H9F6NO. The van der Waals surface area contributed by atoms with Crippen LogP contribution in [0.3, 0.4) is 0 Å². The largest absolute Gasteiger partial charge is 0.454 e. The lowest BCUT2D eigenvalue weighted by atomic mass is 10.1. The molecule has 0 unspecified atom stereocenters. The number of rotatable bonds is 2. The summed E-state index contributed by atoms with van der Waals surface area (Å²) < 4.78 is 83.0. The predicted octanol–water partition coefficient (Wildman–Crippen LogP) is 4.81. The van der Waals surface area contributed by atoms with E-state index in [9.17, 15) is 26.3 Å². The number of nitrogen functional groups attached to an aromatic ring is 1. The van der Waals surface area contributed by atoms with Crippen molar-refractivity contribution in [2.75, 3.05) is 5.73 Å². The van der Waals surface area contributed by atoms with Crippen LogP contribution in [0, 0.1) is 24.4 Å². The number of alkyl halides is 3. The van der Waals surface area contributed by atoms with Gasteiger partial charge in [-0.1, -0.05) is 0 Å². The molecule has 0 fully saturated rings. The van der Waals surface area contributed by atoms with Gasteiger partial charge in [0, 0.05) is 5.69 Å². The van der Waals surface area contributed by atoms with Gasteiger partial charge in [-0.2, -0.15) is 17.6 Å². The van der Waals surface area contributed by atoms with Crippen molar-refractivity contribution in [1.29, 1.82) is 0 Å². The molecule has 0 atom stereocenters. The first kappa shape index (κ1) is 16.0. The second-order valence-corrected chi connectivity index (χ2v) is 4.48. The van der Waals surface area contributed by atoms with E-state index in [1.54, 1.807) is 0 Å². The van der Waals surface area contributed by atoms with Crippen LogP contribution in [0.4, 0.5) is 32.0 Å². The molecule has 0 aliphatic rings. The van der Waals surface area contributed by atoms with Gasteiger partial charge in [-0.3, -0.25) is 0 Å². The highest BCUT2D eigenvalue weighted by molar-refractivity contribution is 5.52. The number of hydrogen-bond donors (Lipinski definition) is 1. The van der Waals surface area contributed by atoms with E-state index in [1.165, 1.54) is 0 Å². The maximum atomic E-state index is 13.6. The second kappa shape index (κ2) is 5.43. The zero-order chi connectivity index (χ0) is 16.7. The van der Waals surface area contributed by atoms with Crippen LogP contribution >= 0.6 is 0 Å². The Balaban J connectivity index is 2.45. The number of aryl methyl sites for hydroxylation is 1. The zero-order valence-electron chi connectivity index (χ0n) is 11.1. The molecule has 2 rings (SSSR count). The summed E-state index contributed by atoms with van der Waals surface area (Å²) in [5.74, 6) is -5.92. The van der Waals surface area contributed by atoms with Gasteiger partial charge >= 0.3 is 6.18 Å². The summed E-state index contributed by atoms with van der Waals surface area (Å²) in [7, 11) is 0. The minimum atomic E-state index is -4.73. The molecule has 0 heterocycles. The van der Waals surface area contributed by atoms with E-state index >= 15 is 0 Å². The first-order valence-corrected chi connectivity index (χ1v) is 5.90. The molecule has 0 bridgehead atoms. The summed E-state index contributed by atoms with van der Waals surface area (Å²) in [6, 6.07) is 3.37. The molecule has 2 N–H and O–H groups in total. The molecule has 2 aromatic carbocycles. The lowest BCUT2D eigenvalue weighted by Gasteiger charge is -2.13. The van der Waals surface area contributed by atoms with E-state index < -0.39 is 46.4 Å². The fourth-order valence-electron chi connectivity index (χ4n) is 1.75. The van der Waals surface area contributed by atoms with Crippen LogP contribution in [0.5, 0.6) is 11.5 Å². The lowest BCUT2D eigenvalue weighted by molar-refractivity contribution is -0.137. The van der Waals surface area contributed by atoms with Gasteiger partial charge in [-0.15, -0.1) is 0 Å². The third-order valence-corrected chi connectivity index (χ3v) is 2.85. The van der Waals surface area contributed by atoms with E-state index in [2.05, 4.69) is 0 Å². The second-order valence-electron chi connectivity index (χ2n) is 4.48. The van der Waals surface area contributed by atoms with Gasteiger partial charge in [0.05, 0.1) is 5.56 Å². The van der Waals surface area contributed by atoms with Crippen molar-refractivity contribution in [3.05, 3.63) is 52.8 Å². The predicted molar refractivity (Wildman–Crippen MR) is 67.0 cm³/mol. The monoisotopic (exact) mass is 321 g/mol. The Morgan fingerprint density at radius 1 is 0.955 bits per heavy atom. The quantitative estimate of drug-likeness (QED) is 0.490. The Kier molecular flexibility index (Phi) is 3.95. The molecule has 0 aliphatic carbocycles. The number of ether oxygens (including phenoxy) is 1. The highest BCUT2D eigenvalue weighted by Gasteiger charge is 2.33. The third-order valence-electron chi connectivity index (χ3n) is 2.85. The van der Waals surface area contributed by atoms with Gasteiger partial charge in [0.15, 0.2) is 17.4 Å². The fraction of sp³-hybridized carbons (Fsp3) is 0.143. The van der Waals surface area contributed by atoms with Crippen LogP contribution in [0.1, 0.15) is 11.1 Å². The van der Waals surface area contributed by atoms with E-state index in [0.717, 1.165) is 25.1 Å². The molecule has 2 nitrogen and oxygen atoms in total. The van der Waals surface area contributed by atoms with Crippen LogP contribution < -0.4 is 10.5 Å². The molecule has 0 amide bonds. The maximum absolute atomic E-state index is 13.6. The summed E-state index contributed by atoms with van der Waals surface area (Å²) in [4.78, 5) is 0. The molecule has 8 heteroatoms. The molecule has 0 saturated heterocycles. The molecule has 0 aliphatic heterocycles. The van der Waals surface area contributed by atoms with Crippen molar-refractivity contribution in [1.82, 2.24) is 0 Å². The smallest absolute Gasteiger partial charge is 0.418 e. The normalized spacial score (nSPS) is 11.6. The van der Waals surface area contributed by atoms with Crippen molar-refractivity contribution >= 4 is 5.69 Å². The van der Waals surface area contributed by atoms with Gasteiger partial charge < -0.3 is 10.5 Å². The van der Waals surface area contributed by atoms with Crippen LogP contribution in [-0.4, -0.2) is 0 Å². The number of hydrogen-bond acceptors (Lipinski definition) is 2. The molecule has 22 heavy (non-hydrogen) atoms. The van der Waals surface area contributed by atoms with Crippen molar-refractivity contribution in [2.45, 2.75) is 13.1 Å². The summed E-state index contributed by atoms with van der Waals surface area (Å²) >= 11 is 0. The Morgan fingerprint density at radius 3 is 2.18 bits per heavy atom. The fourth-order valence-corrected chi connectivity index (χ4v) is 1.75. The zero-order valence-corrected chi connectivity index (χ0v) is 11.1. The van der Waals surface area contributed by atoms with E-state index in [0.29, 0.717) is 6.07 Å². The molecule has 118 valence electrons. The summed E-state index contributed by atoms with van der Waals surface area (Å²) in [6.45, 7) is 1.16. The first-order valence-electron chi connectivity index (χ1n) is 5.90. The standard InChI is InChI=1S/C14H9F6NO/c1-6-4-10(12(16)13(17)11(6)15)22-7-2-3-9(21)8(5-7)14(18,19)20/h2-5H,21H2,1H3. The maximum Gasteiger partial charge on any atom is 0.418 e. The summed E-state index contributed by atoms with van der Waals surface area (Å²) in [6.07, 6.45) is -4.73. The average molecular weight is 321 g/mol. The lowest BCUT2D eigenvalue weighted by Crippen LogP contribution is -2.09. The minimum Gasteiger partial charge on any atom is -0.454 e. The number of anilines is 1. The highest BCUT2D eigenvalue weighted by atomic mass is 19.4. The number of nitrogens with two attached hydrogens (primary N) is 1. The Bertz CT molecular complexity index is 726. The van der Waals surface area contributed by atoms with Crippen molar-refractivity contribution in [2.24, 2.45) is 0 Å². The summed E-state index contributed by atoms with van der Waals surface area (Å²) in [5.41, 5.74) is 3.24. The highest BCUT2D eigenvalue weighted by Crippen LogP contribution is 2.37. The average Bonchev–Trinajstić information content (AvgIpc) is 2.43. The Hall–Kier alpha value is -2.38. The topological polar surface area (TPSA) is 35.2 Å². The third kappa shape index (κ3) is 2.95. The van der Waals surface area contributed by atoms with Crippen molar-refractivity contribution in [3.63, 3.8) is 0 Å². The van der Waals surface area contributed by atoms with Crippen molar-refractivity contribution in [3.8, 4) is 11.5 Å². The molecule has 2 aromatic rings. The van der Waals surface area contributed by atoms with Crippen LogP contribution in [-0.2, 0) is 6.18 Å². The minimum absolute atomic E-state index is 0.250. The molecule has 0 radical (unpaired) electrons. The van der Waals surface area contributed by atoms with E-state index in [-0.39, 0.29) is 5.56 Å². The Labute approximate surface area is 121 Å². The SMILES string of the molecule is Cc1cc(Oc2ccc(N)c(C(F)(F)F)c2)c(F)c(F)c1F. The van der Waals surface area contributed by atoms with Gasteiger partial charge in [0.1, 0.15) is 5.75 Å². The molecule has 0 aromatic heterocycles. The van der Waals surface area contributed by atoms with Crippen LogP contribution in [0.2, 0.25) is 0 Å². The molecule has 0 saturated carbocycles.